The van der Waals surface area contributed by atoms with Crippen LogP contribution in [0.4, 0.5) is 8.78 Å². The van der Waals surface area contributed by atoms with Crippen LogP contribution >= 0.6 is 50.8 Å². The van der Waals surface area contributed by atoms with Gasteiger partial charge in [-0.1, -0.05) is 23.1 Å². The van der Waals surface area contributed by atoms with Gasteiger partial charge in [0.25, 0.3) is 12.3 Å². The van der Waals surface area contributed by atoms with Crippen molar-refractivity contribution in [2.24, 2.45) is 0 Å². The maximum absolute atomic E-state index is 13.0. The summed E-state index contributed by atoms with van der Waals surface area (Å²) in [6, 6.07) is -0.916. The van der Waals surface area contributed by atoms with Gasteiger partial charge in [-0.05, 0) is 35.4 Å². The zero-order valence-corrected chi connectivity index (χ0v) is 21.7. The second-order valence-corrected chi connectivity index (χ2v) is 11.6. The Kier molecular flexibility index (Phi) is 7.30. The number of alkyl halides is 2. The topological polar surface area (TPSA) is 130 Å². The molecule has 0 spiro atoms. The molecule has 4 heterocycles. The minimum absolute atomic E-state index is 0.0820. The van der Waals surface area contributed by atoms with E-state index in [0.29, 0.717) is 27.1 Å². The summed E-state index contributed by atoms with van der Waals surface area (Å²) >= 11 is 7.15. The number of carbonyl (C=O) groups is 3. The quantitative estimate of drug-likeness (QED) is 0.350. The molecule has 2 aromatic heterocycles. The van der Waals surface area contributed by atoms with Crippen LogP contribution in [0.5, 0.6) is 0 Å². The summed E-state index contributed by atoms with van der Waals surface area (Å²) in [7, 11) is 0. The highest BCUT2D eigenvalue weighted by molar-refractivity contribution is 9.10. The minimum Gasteiger partial charge on any atom is -0.477 e. The Morgan fingerprint density at radius 3 is 2.68 bits per heavy atom. The van der Waals surface area contributed by atoms with E-state index >= 15 is 0 Å². The summed E-state index contributed by atoms with van der Waals surface area (Å²) in [5, 5.41) is 24.3. The maximum Gasteiger partial charge on any atom is 0.352 e. The van der Waals surface area contributed by atoms with Gasteiger partial charge >= 0.3 is 5.97 Å². The van der Waals surface area contributed by atoms with Crippen LogP contribution < -0.4 is 5.32 Å². The van der Waals surface area contributed by atoms with E-state index in [1.54, 1.807) is 0 Å². The molecule has 2 amide bonds. The zero-order chi connectivity index (χ0) is 24.7. The minimum atomic E-state index is -2.80. The molecular weight excluding hydrogens is 578 g/mol. The number of halogens is 3. The second kappa shape index (κ2) is 9.91. The Morgan fingerprint density at radius 1 is 1.35 bits per heavy atom. The van der Waals surface area contributed by atoms with E-state index < -0.39 is 41.3 Å². The number of hydrogen-bond acceptors (Lipinski definition) is 9. The van der Waals surface area contributed by atoms with Crippen molar-refractivity contribution < 1.29 is 28.3 Å². The Labute approximate surface area is 212 Å². The van der Waals surface area contributed by atoms with Gasteiger partial charge in [0.05, 0.1) is 10.2 Å². The van der Waals surface area contributed by atoms with Gasteiger partial charge in [-0.25, -0.2) is 13.6 Å². The number of carboxylic acid groups (broad SMARTS) is 1. The number of amides is 2. The Hall–Kier alpha value is -2.04. The molecule has 2 aliphatic rings. The van der Waals surface area contributed by atoms with Crippen LogP contribution in [0.1, 0.15) is 22.8 Å². The Bertz CT molecular complexity index is 1200. The van der Waals surface area contributed by atoms with Crippen molar-refractivity contribution in [3.05, 3.63) is 32.1 Å². The molecule has 34 heavy (non-hydrogen) atoms. The number of carbonyl (C=O) groups excluding carboxylic acids is 2. The first-order chi connectivity index (χ1) is 16.1. The number of carboxylic acids is 1. The number of fused-ring (bicyclic) bond motifs is 1. The van der Waals surface area contributed by atoms with E-state index in [9.17, 15) is 28.3 Å². The van der Waals surface area contributed by atoms with Gasteiger partial charge in [0.1, 0.15) is 34.4 Å². The summed E-state index contributed by atoms with van der Waals surface area (Å²) in [6.45, 7) is 3.00. The molecule has 0 aliphatic carbocycles. The van der Waals surface area contributed by atoms with E-state index in [4.69, 9.17) is 0 Å². The molecule has 0 aromatic carbocycles. The van der Waals surface area contributed by atoms with Gasteiger partial charge < -0.3 is 10.4 Å². The summed E-state index contributed by atoms with van der Waals surface area (Å²) < 4.78 is 28.0. The average molecular weight is 595 g/mol. The molecule has 10 nitrogen and oxygen atoms in total. The van der Waals surface area contributed by atoms with Gasteiger partial charge in [0.2, 0.25) is 5.91 Å². The second-order valence-electron chi connectivity index (χ2n) is 7.33. The SMILES string of the molecule is Cc1nnc(SCC2=C(C(=O)O)N3C(=O)[C@H](NC(=O)Cn4nc(C(F)F)c(Br)c4C)[C@H]3SC2)s1. The van der Waals surface area contributed by atoms with Crippen LogP contribution in [0, 0.1) is 13.8 Å². The third kappa shape index (κ3) is 4.72. The fourth-order valence-corrected chi connectivity index (χ4v) is 7.23. The number of aromatic nitrogens is 4. The number of hydrogen-bond donors (Lipinski definition) is 2. The molecule has 0 unspecified atom stereocenters. The monoisotopic (exact) mass is 594 g/mol. The van der Waals surface area contributed by atoms with Gasteiger partial charge in [-0.2, -0.15) is 5.10 Å². The molecule has 1 saturated heterocycles. The number of thioether (sulfide) groups is 2. The lowest BCUT2D eigenvalue weighted by atomic mass is 10.0. The van der Waals surface area contributed by atoms with Crippen molar-refractivity contribution >= 4 is 68.6 Å². The Balaban J connectivity index is 1.43. The van der Waals surface area contributed by atoms with E-state index in [1.807, 2.05) is 6.92 Å². The van der Waals surface area contributed by atoms with Gasteiger partial charge in [0, 0.05) is 11.5 Å². The number of nitrogens with zero attached hydrogens (tertiary/aromatic N) is 5. The predicted octanol–water partition coefficient (Wildman–Crippen LogP) is 2.58. The van der Waals surface area contributed by atoms with Crippen molar-refractivity contribution in [2.45, 2.75) is 42.6 Å². The average Bonchev–Trinajstić information content (AvgIpc) is 3.33. The van der Waals surface area contributed by atoms with E-state index in [-0.39, 0.29) is 16.7 Å². The normalized spacial score (nSPS) is 19.9. The molecule has 2 aliphatic heterocycles. The first-order valence-electron chi connectivity index (χ1n) is 9.71. The summed E-state index contributed by atoms with van der Waals surface area (Å²) in [6.07, 6.45) is -2.80. The van der Waals surface area contributed by atoms with E-state index in [1.165, 1.54) is 46.7 Å². The van der Waals surface area contributed by atoms with Crippen LogP contribution in [0.15, 0.2) is 20.1 Å². The van der Waals surface area contributed by atoms with Gasteiger partial charge in [0.15, 0.2) is 4.34 Å². The fraction of sp³-hybridized carbons (Fsp3) is 0.444. The molecule has 2 N–H and O–H groups in total. The number of β-lactam (4-membered cyclic amide) rings is 1. The molecule has 4 rings (SSSR count). The predicted molar refractivity (Wildman–Crippen MR) is 125 cm³/mol. The van der Waals surface area contributed by atoms with Crippen molar-refractivity contribution in [1.82, 2.24) is 30.2 Å². The molecule has 16 heteroatoms. The standard InChI is InChI=1S/C18H17BrF2N6O4S3/c1-6-10(19)11(14(20)21)25-26(6)3-9(28)22-12-15(29)27-13(17(30)31)8(4-32-16(12)27)5-33-18-24-23-7(2)34-18/h12,14,16H,3-5H2,1-2H3,(H,22,28)(H,30,31)/t12-,16+/m0/s1. The first kappa shape index (κ1) is 25.1. The summed E-state index contributed by atoms with van der Waals surface area (Å²) in [4.78, 5) is 38.4. The van der Waals surface area contributed by atoms with Gasteiger partial charge in [-0.3, -0.25) is 19.2 Å². The summed E-state index contributed by atoms with van der Waals surface area (Å²) in [5.41, 5.74) is 0.384. The maximum atomic E-state index is 13.0. The number of aryl methyl sites for hydroxylation is 1. The number of aliphatic carboxylic acids is 1. The molecule has 2 atom stereocenters. The number of rotatable bonds is 8. The molecule has 1 fully saturated rings. The largest absolute Gasteiger partial charge is 0.477 e. The first-order valence-corrected chi connectivity index (χ1v) is 13.4. The van der Waals surface area contributed by atoms with Crippen LogP contribution in [0.3, 0.4) is 0 Å². The van der Waals surface area contributed by atoms with E-state index in [2.05, 4.69) is 36.5 Å². The summed E-state index contributed by atoms with van der Waals surface area (Å²) in [5.74, 6) is -1.63. The molecule has 182 valence electrons. The lowest BCUT2D eigenvalue weighted by Gasteiger charge is -2.49. The lowest BCUT2D eigenvalue weighted by molar-refractivity contribution is -0.150. The molecule has 0 radical (unpaired) electrons. The molecule has 0 bridgehead atoms. The third-order valence-corrected chi connectivity index (χ3v) is 9.48. The van der Waals surface area contributed by atoms with Crippen LogP contribution in [0.2, 0.25) is 0 Å². The van der Waals surface area contributed by atoms with Gasteiger partial charge in [-0.15, -0.1) is 22.0 Å². The zero-order valence-electron chi connectivity index (χ0n) is 17.6. The van der Waals surface area contributed by atoms with Crippen LogP contribution in [0.25, 0.3) is 0 Å². The van der Waals surface area contributed by atoms with Crippen molar-refractivity contribution in [1.29, 1.82) is 0 Å². The molecule has 0 saturated carbocycles. The highest BCUT2D eigenvalue weighted by Gasteiger charge is 2.54. The van der Waals surface area contributed by atoms with Crippen molar-refractivity contribution in [2.75, 3.05) is 11.5 Å². The number of nitrogens with one attached hydrogen (secondary N) is 1. The smallest absolute Gasteiger partial charge is 0.352 e. The highest BCUT2D eigenvalue weighted by atomic mass is 79.9. The molecular formula is C18H17BrF2N6O4S3. The lowest BCUT2D eigenvalue weighted by Crippen LogP contribution is -2.70. The third-order valence-electron chi connectivity index (χ3n) is 5.10. The van der Waals surface area contributed by atoms with E-state index in [0.717, 1.165) is 9.69 Å². The van der Waals surface area contributed by atoms with Crippen molar-refractivity contribution in [3.8, 4) is 0 Å². The van der Waals surface area contributed by atoms with Crippen LogP contribution in [-0.2, 0) is 20.9 Å². The van der Waals surface area contributed by atoms with Crippen LogP contribution in [-0.4, -0.2) is 70.7 Å². The molecule has 2 aromatic rings. The van der Waals surface area contributed by atoms with Crippen molar-refractivity contribution in [3.63, 3.8) is 0 Å². The Morgan fingerprint density at radius 2 is 2.09 bits per heavy atom. The fourth-order valence-electron chi connectivity index (χ4n) is 3.48. The highest BCUT2D eigenvalue weighted by Crippen LogP contribution is 2.41.